The minimum Gasteiger partial charge on any atom is -0.344 e. The maximum absolute atomic E-state index is 12.6. The highest BCUT2D eigenvalue weighted by Gasteiger charge is 2.22. The molecule has 0 unspecified atom stereocenters. The number of hydroxylamine groups is 2. The summed E-state index contributed by atoms with van der Waals surface area (Å²) in [4.78, 5) is 39.1. The van der Waals surface area contributed by atoms with Gasteiger partial charge in [-0.25, -0.2) is 5.06 Å². The van der Waals surface area contributed by atoms with Gasteiger partial charge in [0.15, 0.2) is 0 Å². The van der Waals surface area contributed by atoms with E-state index in [9.17, 15) is 14.8 Å². The monoisotopic (exact) mass is 407 g/mol. The van der Waals surface area contributed by atoms with Crippen LogP contribution >= 0.6 is 11.3 Å². The van der Waals surface area contributed by atoms with Crippen molar-refractivity contribution < 1.29 is 14.8 Å². The fourth-order valence-electron chi connectivity index (χ4n) is 2.33. The van der Waals surface area contributed by atoms with E-state index in [4.69, 9.17) is 0 Å². The molecule has 0 aromatic carbocycles. The van der Waals surface area contributed by atoms with E-state index >= 15 is 0 Å². The third-order valence-corrected chi connectivity index (χ3v) is 4.93. The van der Waals surface area contributed by atoms with E-state index in [-0.39, 0.29) is 18.9 Å². The first-order chi connectivity index (χ1) is 13.5. The molecule has 2 rings (SSSR count). The zero-order valence-electron chi connectivity index (χ0n) is 16.1. The van der Waals surface area contributed by atoms with Crippen LogP contribution in [0.3, 0.4) is 0 Å². The molecule has 3 N–H and O–H groups in total. The molecule has 0 radical (unpaired) electrons. The Hall–Kier alpha value is -2.79. The van der Waals surface area contributed by atoms with Gasteiger partial charge < -0.3 is 4.90 Å². The van der Waals surface area contributed by atoms with Crippen LogP contribution in [0.25, 0.3) is 0 Å². The molecule has 0 fully saturated rings. The zero-order chi connectivity index (χ0) is 20.5. The van der Waals surface area contributed by atoms with Crippen molar-refractivity contribution in [3.8, 4) is 0 Å². The summed E-state index contributed by atoms with van der Waals surface area (Å²) in [6.07, 6.45) is 1.28. The van der Waals surface area contributed by atoms with Crippen LogP contribution in [0.1, 0.15) is 24.5 Å². The average Bonchev–Trinajstić information content (AvgIpc) is 3.23. The first-order valence-corrected chi connectivity index (χ1v) is 9.79. The quantitative estimate of drug-likeness (QED) is 0.287. The summed E-state index contributed by atoms with van der Waals surface area (Å²) in [5, 5.41) is 11.9. The minimum atomic E-state index is -0.647. The van der Waals surface area contributed by atoms with E-state index < -0.39 is 11.8 Å². The summed E-state index contributed by atoms with van der Waals surface area (Å²) in [7, 11) is 1.86. The Labute approximate surface area is 167 Å². The highest BCUT2D eigenvalue weighted by atomic mass is 32.1. The van der Waals surface area contributed by atoms with Crippen LogP contribution in [0, 0.1) is 5.92 Å². The fourth-order valence-corrected chi connectivity index (χ4v) is 3.12. The number of hydrazine groups is 1. The lowest BCUT2D eigenvalue weighted by Gasteiger charge is -2.20. The number of hydrogen-bond acceptors (Lipinski definition) is 9. The van der Waals surface area contributed by atoms with Crippen LogP contribution in [0.15, 0.2) is 17.5 Å². The number of nitrogens with zero attached hydrogens (tertiary/aromatic N) is 5. The first-order valence-electron chi connectivity index (χ1n) is 8.91. The van der Waals surface area contributed by atoms with Crippen LogP contribution < -0.4 is 15.8 Å². The second-order valence-corrected chi connectivity index (χ2v) is 7.10. The summed E-state index contributed by atoms with van der Waals surface area (Å²) < 4.78 is 0. The maximum Gasteiger partial charge on any atom is 0.246 e. The second-order valence-electron chi connectivity index (χ2n) is 6.07. The molecule has 10 nitrogen and oxygen atoms in total. The van der Waals surface area contributed by atoms with Crippen molar-refractivity contribution in [2.75, 3.05) is 30.5 Å². The van der Waals surface area contributed by atoms with Crippen molar-refractivity contribution in [3.05, 3.63) is 28.2 Å². The fraction of sp³-hybridized carbons (Fsp3) is 0.471. The molecule has 0 bridgehead atoms. The van der Waals surface area contributed by atoms with Gasteiger partial charge in [-0.15, -0.1) is 11.3 Å². The molecule has 0 aliphatic heterocycles. The van der Waals surface area contributed by atoms with Crippen molar-refractivity contribution in [3.63, 3.8) is 0 Å². The smallest absolute Gasteiger partial charge is 0.246 e. The lowest BCUT2D eigenvalue weighted by Crippen LogP contribution is -2.41. The van der Waals surface area contributed by atoms with Gasteiger partial charge in [-0.05, 0) is 24.8 Å². The van der Waals surface area contributed by atoms with E-state index in [0.717, 1.165) is 11.4 Å². The number of carbonyl (C=O) groups is 2. The number of thiophene rings is 1. The normalized spacial score (nSPS) is 11.6. The largest absolute Gasteiger partial charge is 0.344 e. The van der Waals surface area contributed by atoms with Crippen molar-refractivity contribution in [1.29, 1.82) is 0 Å². The third kappa shape index (κ3) is 6.13. The molecule has 0 spiro atoms. The molecule has 0 aliphatic carbocycles. The summed E-state index contributed by atoms with van der Waals surface area (Å²) in [6, 6.07) is 3.78. The highest BCUT2D eigenvalue weighted by Crippen LogP contribution is 2.16. The van der Waals surface area contributed by atoms with E-state index in [0.29, 0.717) is 29.7 Å². The molecular weight excluding hydrogens is 382 g/mol. The zero-order valence-corrected chi connectivity index (χ0v) is 16.9. The van der Waals surface area contributed by atoms with Gasteiger partial charge in [0.2, 0.25) is 24.2 Å². The van der Waals surface area contributed by atoms with Crippen LogP contribution in [0.5, 0.6) is 0 Å². The summed E-state index contributed by atoms with van der Waals surface area (Å²) in [5.74, 6) is 0.287. The van der Waals surface area contributed by atoms with Gasteiger partial charge in [-0.3, -0.25) is 25.6 Å². The van der Waals surface area contributed by atoms with Gasteiger partial charge >= 0.3 is 0 Å². The van der Waals surface area contributed by atoms with Gasteiger partial charge in [0.05, 0.1) is 12.5 Å². The van der Waals surface area contributed by atoms with E-state index in [2.05, 4.69) is 25.8 Å². The molecule has 2 heterocycles. The topological polar surface area (TPSA) is 124 Å². The average molecular weight is 408 g/mol. The molecule has 1 atom stereocenters. The van der Waals surface area contributed by atoms with E-state index in [1.54, 1.807) is 0 Å². The van der Waals surface area contributed by atoms with Crippen molar-refractivity contribution >= 4 is 35.6 Å². The van der Waals surface area contributed by atoms with Crippen LogP contribution in [0.4, 0.5) is 11.9 Å². The number of aryl methyl sites for hydroxylation is 1. The summed E-state index contributed by atoms with van der Waals surface area (Å²) in [5.41, 5.74) is 5.28. The molecule has 152 valence electrons. The van der Waals surface area contributed by atoms with Gasteiger partial charge in [0.1, 0.15) is 5.82 Å². The Morgan fingerprint density at radius 1 is 1.36 bits per heavy atom. The Kier molecular flexibility index (Phi) is 8.08. The van der Waals surface area contributed by atoms with Crippen molar-refractivity contribution in [2.24, 2.45) is 5.92 Å². The highest BCUT2D eigenvalue weighted by molar-refractivity contribution is 7.09. The van der Waals surface area contributed by atoms with Crippen molar-refractivity contribution in [1.82, 2.24) is 25.4 Å². The number of aromatic nitrogens is 3. The summed E-state index contributed by atoms with van der Waals surface area (Å²) >= 11 is 1.50. The third-order valence-electron chi connectivity index (χ3n) is 4.03. The predicted molar refractivity (Wildman–Crippen MR) is 106 cm³/mol. The number of anilines is 2. The molecule has 2 amide bonds. The van der Waals surface area contributed by atoms with Crippen LogP contribution in [-0.2, 0) is 22.4 Å². The number of amides is 2. The number of rotatable bonds is 11. The van der Waals surface area contributed by atoms with Crippen LogP contribution in [0.2, 0.25) is 0 Å². The molecule has 2 aromatic heterocycles. The van der Waals surface area contributed by atoms with Crippen LogP contribution in [-0.4, -0.2) is 57.7 Å². The maximum atomic E-state index is 12.6. The number of hydrogen-bond donors (Lipinski definition) is 3. The van der Waals surface area contributed by atoms with Crippen molar-refractivity contribution in [2.45, 2.75) is 26.7 Å². The molecule has 0 saturated heterocycles. The molecule has 28 heavy (non-hydrogen) atoms. The van der Waals surface area contributed by atoms with E-state index in [1.807, 2.05) is 43.3 Å². The van der Waals surface area contributed by atoms with E-state index in [1.165, 1.54) is 11.3 Å². The molecular formula is C17H25N7O3S. The predicted octanol–water partition coefficient (Wildman–Crippen LogP) is 1.10. The standard InChI is InChI=1S/C17H25N7O3S/c1-4-14-18-16(20-17(19-14)23(3)5-2)22-21-15(26)12(10-24(27)11-25)9-13-7-6-8-28-13/h6-8,11-12,27H,4-5,9-10H2,1-3H3,(H,21,26)(H,18,19,20,22)/t12-/m0/s1. The lowest BCUT2D eigenvalue weighted by molar-refractivity contribution is -0.154. The molecule has 2 aromatic rings. The Bertz CT molecular complexity index is 772. The lowest BCUT2D eigenvalue weighted by atomic mass is 10.0. The van der Waals surface area contributed by atoms with Gasteiger partial charge in [0, 0.05) is 24.9 Å². The van der Waals surface area contributed by atoms with Gasteiger partial charge in [0.25, 0.3) is 0 Å². The Balaban J connectivity index is 2.09. The molecule has 0 saturated carbocycles. The van der Waals surface area contributed by atoms with Gasteiger partial charge in [-0.1, -0.05) is 13.0 Å². The SMILES string of the molecule is CCc1nc(NNC(=O)[C@@H](Cc2cccs2)CN(O)C=O)nc(N(C)CC)n1. The first kappa shape index (κ1) is 21.5. The Morgan fingerprint density at radius 3 is 2.75 bits per heavy atom. The minimum absolute atomic E-state index is 0.129. The Morgan fingerprint density at radius 2 is 2.14 bits per heavy atom. The van der Waals surface area contributed by atoms with Gasteiger partial charge in [-0.2, -0.15) is 15.0 Å². The summed E-state index contributed by atoms with van der Waals surface area (Å²) in [6.45, 7) is 4.50. The number of carbonyl (C=O) groups excluding carboxylic acids is 2. The molecule has 0 aliphatic rings. The molecule has 11 heteroatoms. The number of nitrogens with one attached hydrogen (secondary N) is 2. The second kappa shape index (κ2) is 10.5.